The highest BCUT2D eigenvalue weighted by Gasteiger charge is 2.21. The molecule has 0 radical (unpaired) electrons. The lowest BCUT2D eigenvalue weighted by Crippen LogP contribution is -2.18. The summed E-state index contributed by atoms with van der Waals surface area (Å²) in [6.45, 7) is 0.729. The van der Waals surface area contributed by atoms with Gasteiger partial charge in [0.05, 0.1) is 16.8 Å². The van der Waals surface area contributed by atoms with Crippen LogP contribution < -0.4 is 5.73 Å². The minimum atomic E-state index is -3.42. The molecule has 0 spiro atoms. The third-order valence-electron chi connectivity index (χ3n) is 3.78. The maximum Gasteiger partial charge on any atom is 0.178 e. The number of aromatic nitrogens is 2. The Labute approximate surface area is 129 Å². The lowest BCUT2D eigenvalue weighted by Gasteiger charge is -2.22. The van der Waals surface area contributed by atoms with E-state index < -0.39 is 9.84 Å². The summed E-state index contributed by atoms with van der Waals surface area (Å²) < 4.78 is 31.5. The van der Waals surface area contributed by atoms with Crippen molar-refractivity contribution in [2.24, 2.45) is 0 Å². The molecule has 2 aromatic rings. The normalized spacial score (nSPS) is 19.2. The molecule has 1 aromatic heterocycles. The van der Waals surface area contributed by atoms with E-state index in [-0.39, 0.29) is 16.8 Å². The van der Waals surface area contributed by atoms with Gasteiger partial charge in [0, 0.05) is 30.2 Å². The minimum Gasteiger partial charge on any atom is -0.398 e. The summed E-state index contributed by atoms with van der Waals surface area (Å²) in [7, 11) is -3.42. The Hall–Kier alpha value is -1.86. The molecule has 0 bridgehead atoms. The maximum absolute atomic E-state index is 12.0. The van der Waals surface area contributed by atoms with Crippen LogP contribution in [0.1, 0.15) is 25.5 Å². The van der Waals surface area contributed by atoms with Crippen LogP contribution in [-0.2, 0) is 14.6 Å². The van der Waals surface area contributed by atoms with Crippen molar-refractivity contribution in [2.45, 2.75) is 30.4 Å². The summed E-state index contributed by atoms with van der Waals surface area (Å²) in [5.41, 5.74) is 7.41. The van der Waals surface area contributed by atoms with Gasteiger partial charge in [0.1, 0.15) is 6.23 Å². The molecule has 0 aliphatic carbocycles. The van der Waals surface area contributed by atoms with Gasteiger partial charge in [-0.3, -0.25) is 0 Å². The molecule has 1 aromatic carbocycles. The molecule has 1 unspecified atom stereocenters. The van der Waals surface area contributed by atoms with Gasteiger partial charge in [0.25, 0.3) is 0 Å². The Kier molecular flexibility index (Phi) is 3.92. The van der Waals surface area contributed by atoms with Gasteiger partial charge in [-0.15, -0.1) is 0 Å². The van der Waals surface area contributed by atoms with E-state index in [4.69, 9.17) is 10.5 Å². The van der Waals surface area contributed by atoms with Crippen LogP contribution in [-0.4, -0.2) is 31.1 Å². The second-order valence-electron chi connectivity index (χ2n) is 5.53. The lowest BCUT2D eigenvalue weighted by atomic mass is 10.1. The van der Waals surface area contributed by atoms with Gasteiger partial charge >= 0.3 is 0 Å². The summed E-state index contributed by atoms with van der Waals surface area (Å²) in [6.07, 6.45) is 7.64. The molecule has 0 saturated carbocycles. The first-order valence-electron chi connectivity index (χ1n) is 7.21. The molecule has 3 rings (SSSR count). The lowest BCUT2D eigenvalue weighted by molar-refractivity contribution is -0.0394. The molecule has 0 amide bonds. The molecule has 2 heterocycles. The number of ether oxygens (including phenoxy) is 1. The van der Waals surface area contributed by atoms with E-state index in [2.05, 4.69) is 5.10 Å². The topological polar surface area (TPSA) is 87.2 Å². The number of rotatable bonds is 3. The van der Waals surface area contributed by atoms with Crippen molar-refractivity contribution < 1.29 is 13.2 Å². The van der Waals surface area contributed by atoms with Crippen molar-refractivity contribution in [1.29, 1.82) is 0 Å². The Morgan fingerprint density at radius 3 is 2.86 bits per heavy atom. The number of nitrogens with two attached hydrogens (primary N) is 1. The van der Waals surface area contributed by atoms with Gasteiger partial charge in [-0.1, -0.05) is 12.1 Å². The van der Waals surface area contributed by atoms with E-state index in [1.54, 1.807) is 29.1 Å². The second kappa shape index (κ2) is 5.73. The van der Waals surface area contributed by atoms with Crippen LogP contribution in [0.4, 0.5) is 5.69 Å². The zero-order valence-corrected chi connectivity index (χ0v) is 13.2. The summed E-state index contributed by atoms with van der Waals surface area (Å²) >= 11 is 0. The molecule has 1 aliphatic heterocycles. The minimum absolute atomic E-state index is 0.0785. The Morgan fingerprint density at radius 1 is 1.36 bits per heavy atom. The highest BCUT2D eigenvalue weighted by Crippen LogP contribution is 2.32. The van der Waals surface area contributed by atoms with Gasteiger partial charge in [-0.05, 0) is 25.3 Å². The number of benzene rings is 1. The monoisotopic (exact) mass is 321 g/mol. The number of hydrogen-bond acceptors (Lipinski definition) is 5. The maximum atomic E-state index is 12.0. The van der Waals surface area contributed by atoms with E-state index in [1.165, 1.54) is 0 Å². The summed E-state index contributed by atoms with van der Waals surface area (Å²) in [6, 6.07) is 5.08. The predicted molar refractivity (Wildman–Crippen MR) is 84.0 cm³/mol. The first-order chi connectivity index (χ1) is 10.5. The summed E-state index contributed by atoms with van der Waals surface area (Å²) in [4.78, 5) is 0.152. The fourth-order valence-corrected chi connectivity index (χ4v) is 3.84. The van der Waals surface area contributed by atoms with Gasteiger partial charge in [-0.25, -0.2) is 13.1 Å². The molecule has 2 N–H and O–H groups in total. The zero-order chi connectivity index (χ0) is 15.7. The molecule has 1 fully saturated rings. The van der Waals surface area contributed by atoms with Crippen LogP contribution in [0.25, 0.3) is 11.1 Å². The van der Waals surface area contributed by atoms with Crippen molar-refractivity contribution >= 4 is 15.5 Å². The average molecular weight is 321 g/mol. The Balaban J connectivity index is 2.02. The van der Waals surface area contributed by atoms with Crippen LogP contribution in [0, 0.1) is 0 Å². The molecule has 7 heteroatoms. The number of nitrogen functional groups attached to an aromatic ring is 1. The van der Waals surface area contributed by atoms with Crippen molar-refractivity contribution in [3.05, 3.63) is 30.6 Å². The number of anilines is 1. The standard InChI is InChI=1S/C15H19N3O3S/c1-22(19,20)15-12(5-4-6-13(15)16)11-9-17-18(10-11)14-7-2-3-8-21-14/h4-6,9-10,14H,2-3,7-8,16H2,1H3. The molecule has 1 atom stereocenters. The molecule has 6 nitrogen and oxygen atoms in total. The van der Waals surface area contributed by atoms with E-state index >= 15 is 0 Å². The van der Waals surface area contributed by atoms with E-state index in [1.807, 2.05) is 6.20 Å². The van der Waals surface area contributed by atoms with E-state index in [9.17, 15) is 8.42 Å². The van der Waals surface area contributed by atoms with Crippen LogP contribution in [0.15, 0.2) is 35.5 Å². The Bertz CT molecular complexity index is 777. The average Bonchev–Trinajstić information content (AvgIpc) is 2.96. The molecule has 1 saturated heterocycles. The molecular formula is C15H19N3O3S. The highest BCUT2D eigenvalue weighted by atomic mass is 32.2. The van der Waals surface area contributed by atoms with Crippen molar-refractivity contribution in [3.63, 3.8) is 0 Å². The zero-order valence-electron chi connectivity index (χ0n) is 12.4. The fourth-order valence-electron chi connectivity index (χ4n) is 2.76. The predicted octanol–water partition coefficient (Wildman–Crippen LogP) is 2.23. The molecular weight excluding hydrogens is 302 g/mol. The van der Waals surface area contributed by atoms with Gasteiger partial charge < -0.3 is 10.5 Å². The quantitative estimate of drug-likeness (QED) is 0.876. The summed E-state index contributed by atoms with van der Waals surface area (Å²) in [5.74, 6) is 0. The second-order valence-corrected chi connectivity index (χ2v) is 7.48. The largest absolute Gasteiger partial charge is 0.398 e. The van der Waals surface area contributed by atoms with Crippen molar-refractivity contribution in [1.82, 2.24) is 9.78 Å². The van der Waals surface area contributed by atoms with E-state index in [0.717, 1.165) is 37.7 Å². The first-order valence-corrected chi connectivity index (χ1v) is 9.10. The van der Waals surface area contributed by atoms with Crippen LogP contribution in [0.3, 0.4) is 0 Å². The van der Waals surface area contributed by atoms with Crippen LogP contribution >= 0.6 is 0 Å². The van der Waals surface area contributed by atoms with Gasteiger partial charge in [-0.2, -0.15) is 5.10 Å². The highest BCUT2D eigenvalue weighted by molar-refractivity contribution is 7.91. The molecule has 1 aliphatic rings. The first kappa shape index (κ1) is 15.1. The fraction of sp³-hybridized carbons (Fsp3) is 0.400. The van der Waals surface area contributed by atoms with E-state index in [0.29, 0.717) is 5.56 Å². The van der Waals surface area contributed by atoms with Crippen molar-refractivity contribution in [2.75, 3.05) is 18.6 Å². The molecule has 22 heavy (non-hydrogen) atoms. The smallest absolute Gasteiger partial charge is 0.178 e. The number of nitrogens with zero attached hydrogens (tertiary/aromatic N) is 2. The number of hydrogen-bond donors (Lipinski definition) is 1. The number of sulfone groups is 1. The third-order valence-corrected chi connectivity index (χ3v) is 4.98. The van der Waals surface area contributed by atoms with Gasteiger partial charge in [0.15, 0.2) is 9.84 Å². The van der Waals surface area contributed by atoms with Gasteiger partial charge in [0.2, 0.25) is 0 Å². The van der Waals surface area contributed by atoms with Crippen LogP contribution in [0.2, 0.25) is 0 Å². The Morgan fingerprint density at radius 2 is 2.18 bits per heavy atom. The van der Waals surface area contributed by atoms with Crippen LogP contribution in [0.5, 0.6) is 0 Å². The summed E-state index contributed by atoms with van der Waals surface area (Å²) in [5, 5.41) is 4.33. The third kappa shape index (κ3) is 2.86. The molecule has 118 valence electrons. The van der Waals surface area contributed by atoms with Crippen molar-refractivity contribution in [3.8, 4) is 11.1 Å². The SMILES string of the molecule is CS(=O)(=O)c1c(N)cccc1-c1cnn(C2CCCCO2)c1.